The first-order chi connectivity index (χ1) is 9.93. The highest BCUT2D eigenvalue weighted by Gasteiger charge is 2.05. The average molecular weight is 299 g/mol. The van der Waals surface area contributed by atoms with E-state index < -0.39 is 7.75 Å². The summed E-state index contributed by atoms with van der Waals surface area (Å²) in [7, 11) is -4.14. The number of hydrogen-bond donors (Lipinski definition) is 3. The summed E-state index contributed by atoms with van der Waals surface area (Å²) in [6.07, 6.45) is 0. The van der Waals surface area contributed by atoms with Crippen LogP contribution in [-0.2, 0) is 4.57 Å². The Hall–Kier alpha value is -1.97. The molecule has 0 aliphatic heterocycles. The van der Waals surface area contributed by atoms with Gasteiger partial charge in [0.05, 0.1) is 0 Å². The highest BCUT2D eigenvalue weighted by atomic mass is 31.2. The smallest absolute Gasteiger partial charge is 0.313 e. The third kappa shape index (κ3) is 2.89. The normalized spacial score (nSPS) is 11.8. The minimum Gasteiger partial charge on any atom is -0.313 e. The monoisotopic (exact) mass is 299 g/mol. The summed E-state index contributed by atoms with van der Waals surface area (Å²) in [5.74, 6) is 0. The summed E-state index contributed by atoms with van der Waals surface area (Å²) in [5, 5.41) is 8.14. The van der Waals surface area contributed by atoms with Crippen molar-refractivity contribution in [1.82, 2.24) is 0 Å². The van der Waals surface area contributed by atoms with Crippen molar-refractivity contribution in [3.8, 4) is 0 Å². The summed E-state index contributed by atoms with van der Waals surface area (Å²) < 4.78 is 9.10. The van der Waals surface area contributed by atoms with Crippen molar-refractivity contribution in [2.75, 3.05) is 0 Å². The molecule has 21 heavy (non-hydrogen) atoms. The molecule has 0 amide bonds. The lowest BCUT2D eigenvalue weighted by Crippen LogP contribution is -1.87. The van der Waals surface area contributed by atoms with Gasteiger partial charge in [-0.25, -0.2) is 10.1 Å². The molecule has 0 atom stereocenters. The van der Waals surface area contributed by atoms with Gasteiger partial charge in [0, 0.05) is 0 Å². The predicted molar refractivity (Wildman–Crippen MR) is 86.4 cm³/mol. The van der Waals surface area contributed by atoms with Gasteiger partial charge in [-0.15, -0.1) is 0 Å². The molecule has 5 heteroatoms. The Balaban J connectivity index is 0.000000233. The summed E-state index contributed by atoms with van der Waals surface area (Å²) in [6, 6.07) is 21.9. The van der Waals surface area contributed by atoms with Gasteiger partial charge in [-0.1, -0.05) is 60.7 Å². The van der Waals surface area contributed by atoms with Crippen LogP contribution in [0.2, 0.25) is 0 Å². The van der Waals surface area contributed by atoms with Crippen LogP contribution >= 0.6 is 7.75 Å². The number of benzene rings is 4. The first-order valence-corrected chi connectivity index (χ1v) is 8.08. The molecule has 0 saturated carbocycles. The molecule has 0 spiro atoms. The van der Waals surface area contributed by atoms with Crippen molar-refractivity contribution in [3.05, 3.63) is 60.7 Å². The van der Waals surface area contributed by atoms with Gasteiger partial charge in [0.25, 0.3) is 0 Å². The first kappa shape index (κ1) is 14.0. The minimum atomic E-state index is -4.14. The first-order valence-electron chi connectivity index (χ1n) is 6.40. The summed E-state index contributed by atoms with van der Waals surface area (Å²) in [4.78, 5) is 14.8. The molecule has 0 aliphatic carbocycles. The lowest BCUT2D eigenvalue weighted by Gasteiger charge is -2.09. The molecule has 0 heterocycles. The number of rotatable bonds is 0. The van der Waals surface area contributed by atoms with Crippen molar-refractivity contribution < 1.29 is 14.4 Å². The van der Waals surface area contributed by atoms with E-state index in [4.69, 9.17) is 14.4 Å². The van der Waals surface area contributed by atoms with Crippen molar-refractivity contribution >= 4 is 40.1 Å². The number of hydrogen-bond acceptors (Lipinski definition) is 1. The van der Waals surface area contributed by atoms with Gasteiger partial charge in [-0.2, -0.15) is 0 Å². The fraction of sp³-hybridized carbons (Fsp3) is 0. The SMILES string of the molecule is NP(=O)(O)O.c1cc2ccc3cccc4ccc(c1)c2c34. The maximum absolute atomic E-state index is 9.10. The third-order valence-electron chi connectivity index (χ3n) is 3.39. The second-order valence-electron chi connectivity index (χ2n) is 4.88. The quantitative estimate of drug-likeness (QED) is 0.342. The molecule has 4 rings (SSSR count). The standard InChI is InChI=1S/C16H10.H4NO3P/c1-3-11-7-9-13-5-2-6-14-10-8-12(4-1)15(11)16(13)14;1-5(2,3)4/h1-10H;(H4,1,2,3,4). The van der Waals surface area contributed by atoms with E-state index in [2.05, 4.69) is 66.2 Å². The van der Waals surface area contributed by atoms with Gasteiger partial charge >= 0.3 is 7.75 Å². The Morgan fingerprint density at radius 2 is 0.905 bits per heavy atom. The molecule has 4 N–H and O–H groups in total. The molecule has 0 aromatic heterocycles. The van der Waals surface area contributed by atoms with E-state index in [-0.39, 0.29) is 0 Å². The van der Waals surface area contributed by atoms with Crippen LogP contribution in [0.5, 0.6) is 0 Å². The lowest BCUT2D eigenvalue weighted by atomic mass is 9.95. The zero-order valence-electron chi connectivity index (χ0n) is 11.1. The van der Waals surface area contributed by atoms with Crippen LogP contribution in [0.1, 0.15) is 0 Å². The maximum Gasteiger partial charge on any atom is 0.397 e. The lowest BCUT2D eigenvalue weighted by molar-refractivity contribution is 0.374. The van der Waals surface area contributed by atoms with Crippen LogP contribution in [0.25, 0.3) is 32.3 Å². The Morgan fingerprint density at radius 3 is 1.14 bits per heavy atom. The van der Waals surface area contributed by atoms with Gasteiger partial charge in [0.2, 0.25) is 0 Å². The Bertz CT molecular complexity index is 823. The zero-order chi connectivity index (χ0) is 15.0. The third-order valence-corrected chi connectivity index (χ3v) is 3.39. The molecule has 0 radical (unpaired) electrons. The summed E-state index contributed by atoms with van der Waals surface area (Å²) >= 11 is 0. The molecule has 0 aliphatic rings. The largest absolute Gasteiger partial charge is 0.397 e. The van der Waals surface area contributed by atoms with E-state index >= 15 is 0 Å². The number of nitrogens with two attached hydrogens (primary N) is 1. The van der Waals surface area contributed by atoms with E-state index in [1.165, 1.54) is 32.3 Å². The van der Waals surface area contributed by atoms with Crippen LogP contribution in [0, 0.1) is 0 Å². The van der Waals surface area contributed by atoms with Gasteiger partial charge in [-0.05, 0) is 32.3 Å². The zero-order valence-corrected chi connectivity index (χ0v) is 12.0. The van der Waals surface area contributed by atoms with Crippen LogP contribution in [0.3, 0.4) is 0 Å². The van der Waals surface area contributed by atoms with Gasteiger partial charge in [-0.3, -0.25) is 0 Å². The van der Waals surface area contributed by atoms with E-state index in [1.807, 2.05) is 0 Å². The second-order valence-corrected chi connectivity index (χ2v) is 6.06. The van der Waals surface area contributed by atoms with Crippen molar-refractivity contribution in [2.24, 2.45) is 5.50 Å². The molecular weight excluding hydrogens is 285 g/mol. The fourth-order valence-electron chi connectivity index (χ4n) is 2.67. The Morgan fingerprint density at radius 1 is 0.667 bits per heavy atom. The predicted octanol–water partition coefficient (Wildman–Crippen LogP) is 3.62. The van der Waals surface area contributed by atoms with E-state index in [0.29, 0.717) is 0 Å². The molecule has 0 bridgehead atoms. The Kier molecular flexibility index (Phi) is 3.40. The molecule has 0 unspecified atom stereocenters. The second kappa shape index (κ2) is 5.10. The van der Waals surface area contributed by atoms with Gasteiger partial charge in [0.1, 0.15) is 0 Å². The molecule has 106 valence electrons. The molecular formula is C16H14NO3P. The Labute approximate surface area is 121 Å². The van der Waals surface area contributed by atoms with Crippen molar-refractivity contribution in [2.45, 2.75) is 0 Å². The minimum absolute atomic E-state index is 1.34. The molecule has 4 nitrogen and oxygen atoms in total. The molecule has 4 aromatic carbocycles. The van der Waals surface area contributed by atoms with Crippen molar-refractivity contribution in [1.29, 1.82) is 0 Å². The van der Waals surface area contributed by atoms with Gasteiger partial charge in [0.15, 0.2) is 0 Å². The van der Waals surface area contributed by atoms with Crippen LogP contribution in [-0.4, -0.2) is 9.79 Å². The van der Waals surface area contributed by atoms with Crippen LogP contribution in [0.4, 0.5) is 0 Å². The molecule has 4 aromatic rings. The van der Waals surface area contributed by atoms with Crippen LogP contribution in [0.15, 0.2) is 60.7 Å². The van der Waals surface area contributed by atoms with Crippen molar-refractivity contribution in [3.63, 3.8) is 0 Å². The van der Waals surface area contributed by atoms with E-state index in [9.17, 15) is 0 Å². The summed E-state index contributed by atoms with van der Waals surface area (Å²) in [5.41, 5.74) is 4.02. The van der Waals surface area contributed by atoms with Gasteiger partial charge < -0.3 is 9.79 Å². The van der Waals surface area contributed by atoms with E-state index in [0.717, 1.165) is 0 Å². The fourth-order valence-corrected chi connectivity index (χ4v) is 2.67. The van der Waals surface area contributed by atoms with E-state index in [1.54, 1.807) is 0 Å². The highest BCUT2D eigenvalue weighted by Crippen LogP contribution is 2.33. The summed E-state index contributed by atoms with van der Waals surface area (Å²) in [6.45, 7) is 0. The highest BCUT2D eigenvalue weighted by molar-refractivity contribution is 7.49. The maximum atomic E-state index is 9.10. The molecule has 0 saturated heterocycles. The topological polar surface area (TPSA) is 83.6 Å². The van der Waals surface area contributed by atoms with Crippen LogP contribution < -0.4 is 5.50 Å². The average Bonchev–Trinajstić information content (AvgIpc) is 2.43. The molecule has 0 fully saturated rings.